The molecule has 0 fully saturated rings. The highest BCUT2D eigenvalue weighted by molar-refractivity contribution is 5.99. The Kier molecular flexibility index (Phi) is 7.08. The van der Waals surface area contributed by atoms with Crippen LogP contribution in [0.15, 0.2) is 66.7 Å². The first-order valence-corrected chi connectivity index (χ1v) is 10.2. The number of anilines is 1. The van der Waals surface area contributed by atoms with Gasteiger partial charge in [-0.1, -0.05) is 54.1 Å². The topological polar surface area (TPSA) is 58.6 Å². The minimum Gasteiger partial charge on any atom is -0.489 e. The van der Waals surface area contributed by atoms with Gasteiger partial charge in [-0.05, 0) is 55.7 Å². The Hall–Kier alpha value is -3.60. The standard InChI is InChI=1S/C26H28N2O3/c1-18-8-5-11-21(14-18)17-31-23-13-7-12-22(15-23)26(30)28(4)16-24(29)27-25-19(2)9-6-10-20(25)3/h5-15H,16-17H2,1-4H3,(H,27,29). The molecule has 0 saturated heterocycles. The van der Waals surface area contributed by atoms with Gasteiger partial charge in [-0.2, -0.15) is 0 Å². The fourth-order valence-corrected chi connectivity index (χ4v) is 3.39. The van der Waals surface area contributed by atoms with E-state index in [2.05, 4.69) is 11.4 Å². The van der Waals surface area contributed by atoms with Crippen LogP contribution >= 0.6 is 0 Å². The third-order valence-corrected chi connectivity index (χ3v) is 5.04. The number of carbonyl (C=O) groups excluding carboxylic acids is 2. The number of amides is 2. The van der Waals surface area contributed by atoms with E-state index in [-0.39, 0.29) is 18.4 Å². The molecule has 1 N–H and O–H groups in total. The van der Waals surface area contributed by atoms with Gasteiger partial charge in [0.05, 0.1) is 6.54 Å². The number of ether oxygens (including phenoxy) is 1. The molecule has 0 heterocycles. The molecular weight excluding hydrogens is 388 g/mol. The summed E-state index contributed by atoms with van der Waals surface area (Å²) >= 11 is 0. The SMILES string of the molecule is Cc1cccc(COc2cccc(C(=O)N(C)CC(=O)Nc3c(C)cccc3C)c2)c1. The van der Waals surface area contributed by atoms with E-state index in [9.17, 15) is 9.59 Å². The molecule has 0 aliphatic heterocycles. The lowest BCUT2D eigenvalue weighted by atomic mass is 10.1. The average molecular weight is 417 g/mol. The number of nitrogens with zero attached hydrogens (tertiary/aromatic N) is 1. The van der Waals surface area contributed by atoms with Crippen LogP contribution in [0.5, 0.6) is 5.75 Å². The van der Waals surface area contributed by atoms with Crippen LogP contribution < -0.4 is 10.1 Å². The van der Waals surface area contributed by atoms with Crippen LogP contribution in [-0.4, -0.2) is 30.3 Å². The number of hydrogen-bond acceptors (Lipinski definition) is 3. The molecule has 5 nitrogen and oxygen atoms in total. The number of likely N-dealkylation sites (N-methyl/N-ethyl adjacent to an activating group) is 1. The molecule has 0 bridgehead atoms. The molecule has 0 unspecified atom stereocenters. The highest BCUT2D eigenvalue weighted by Crippen LogP contribution is 2.20. The number of aryl methyl sites for hydroxylation is 3. The van der Waals surface area contributed by atoms with Gasteiger partial charge in [-0.15, -0.1) is 0 Å². The van der Waals surface area contributed by atoms with E-state index in [1.807, 2.05) is 63.2 Å². The molecule has 3 rings (SSSR count). The molecule has 3 aromatic rings. The predicted octanol–water partition coefficient (Wildman–Crippen LogP) is 4.90. The zero-order chi connectivity index (χ0) is 22.4. The first kappa shape index (κ1) is 22.1. The van der Waals surface area contributed by atoms with E-state index in [0.717, 1.165) is 22.4 Å². The molecule has 5 heteroatoms. The number of benzene rings is 3. The number of nitrogens with one attached hydrogen (secondary N) is 1. The summed E-state index contributed by atoms with van der Waals surface area (Å²) in [5.41, 5.74) is 5.48. The summed E-state index contributed by atoms with van der Waals surface area (Å²) in [4.78, 5) is 26.7. The monoisotopic (exact) mass is 416 g/mol. The largest absolute Gasteiger partial charge is 0.489 e. The molecule has 0 radical (unpaired) electrons. The maximum Gasteiger partial charge on any atom is 0.254 e. The van der Waals surface area contributed by atoms with E-state index in [4.69, 9.17) is 4.74 Å². The van der Waals surface area contributed by atoms with Crippen LogP contribution in [0.4, 0.5) is 5.69 Å². The summed E-state index contributed by atoms with van der Waals surface area (Å²) in [6.45, 7) is 6.31. The van der Waals surface area contributed by atoms with Crippen LogP contribution in [0.25, 0.3) is 0 Å². The lowest BCUT2D eigenvalue weighted by Crippen LogP contribution is -2.35. The van der Waals surface area contributed by atoms with Gasteiger partial charge >= 0.3 is 0 Å². The number of para-hydroxylation sites is 1. The molecule has 0 spiro atoms. The van der Waals surface area contributed by atoms with Gasteiger partial charge < -0.3 is 15.0 Å². The van der Waals surface area contributed by atoms with Crippen molar-refractivity contribution in [2.24, 2.45) is 0 Å². The third-order valence-electron chi connectivity index (χ3n) is 5.04. The van der Waals surface area contributed by atoms with Crippen molar-refractivity contribution in [2.45, 2.75) is 27.4 Å². The van der Waals surface area contributed by atoms with Crippen molar-refractivity contribution < 1.29 is 14.3 Å². The number of hydrogen-bond donors (Lipinski definition) is 1. The van der Waals surface area contributed by atoms with E-state index < -0.39 is 0 Å². The second-order valence-corrected chi connectivity index (χ2v) is 7.78. The van der Waals surface area contributed by atoms with Crippen LogP contribution in [0.3, 0.4) is 0 Å². The van der Waals surface area contributed by atoms with Crippen LogP contribution in [0.2, 0.25) is 0 Å². The van der Waals surface area contributed by atoms with Gasteiger partial charge in [-0.3, -0.25) is 9.59 Å². The average Bonchev–Trinajstić information content (AvgIpc) is 2.74. The van der Waals surface area contributed by atoms with Gasteiger partial charge in [0, 0.05) is 18.3 Å². The molecular formula is C26H28N2O3. The summed E-state index contributed by atoms with van der Waals surface area (Å²) in [6.07, 6.45) is 0. The first-order chi connectivity index (χ1) is 14.8. The molecule has 2 amide bonds. The van der Waals surface area contributed by atoms with Crippen LogP contribution in [0, 0.1) is 20.8 Å². The maximum absolute atomic E-state index is 12.8. The summed E-state index contributed by atoms with van der Waals surface area (Å²) < 4.78 is 5.85. The second kappa shape index (κ2) is 9.94. The molecule has 0 aliphatic carbocycles. The molecule has 0 aromatic heterocycles. The first-order valence-electron chi connectivity index (χ1n) is 10.2. The Morgan fingerprint density at radius 3 is 2.29 bits per heavy atom. The smallest absolute Gasteiger partial charge is 0.254 e. The summed E-state index contributed by atoms with van der Waals surface area (Å²) in [6, 6.07) is 21.0. The molecule has 0 aliphatic rings. The van der Waals surface area contributed by atoms with E-state index in [1.165, 1.54) is 10.5 Å². The fourth-order valence-electron chi connectivity index (χ4n) is 3.39. The minimum atomic E-state index is -0.238. The number of rotatable bonds is 7. The van der Waals surface area contributed by atoms with Gasteiger partial charge in [0.15, 0.2) is 0 Å². The maximum atomic E-state index is 12.8. The van der Waals surface area contributed by atoms with Gasteiger partial charge in [0.1, 0.15) is 12.4 Å². The Morgan fingerprint density at radius 1 is 0.903 bits per heavy atom. The van der Waals surface area contributed by atoms with Crippen LogP contribution in [0.1, 0.15) is 32.6 Å². The minimum absolute atomic E-state index is 0.0407. The Labute approximate surface area is 183 Å². The van der Waals surface area contributed by atoms with E-state index in [1.54, 1.807) is 25.2 Å². The van der Waals surface area contributed by atoms with Crippen molar-refractivity contribution >= 4 is 17.5 Å². The predicted molar refractivity (Wildman–Crippen MR) is 123 cm³/mol. The van der Waals surface area contributed by atoms with E-state index >= 15 is 0 Å². The van der Waals surface area contributed by atoms with Crippen molar-refractivity contribution in [2.75, 3.05) is 18.9 Å². The van der Waals surface area contributed by atoms with Crippen molar-refractivity contribution in [1.82, 2.24) is 4.90 Å². The van der Waals surface area contributed by atoms with Gasteiger partial charge in [0.2, 0.25) is 5.91 Å². The van der Waals surface area contributed by atoms with Crippen molar-refractivity contribution in [1.29, 1.82) is 0 Å². The third kappa shape index (κ3) is 5.95. The lowest BCUT2D eigenvalue weighted by Gasteiger charge is -2.18. The van der Waals surface area contributed by atoms with Gasteiger partial charge in [-0.25, -0.2) is 0 Å². The number of carbonyl (C=O) groups is 2. The normalized spacial score (nSPS) is 10.5. The van der Waals surface area contributed by atoms with Crippen molar-refractivity contribution in [3.63, 3.8) is 0 Å². The van der Waals surface area contributed by atoms with Crippen LogP contribution in [-0.2, 0) is 11.4 Å². The summed E-state index contributed by atoms with van der Waals surface area (Å²) in [5.74, 6) is 0.138. The zero-order valence-corrected chi connectivity index (χ0v) is 18.4. The van der Waals surface area contributed by atoms with Crippen molar-refractivity contribution in [3.05, 3.63) is 94.5 Å². The second-order valence-electron chi connectivity index (χ2n) is 7.78. The molecule has 31 heavy (non-hydrogen) atoms. The summed E-state index contributed by atoms with van der Waals surface area (Å²) in [5, 5.41) is 2.91. The Morgan fingerprint density at radius 2 is 1.58 bits per heavy atom. The quantitative estimate of drug-likeness (QED) is 0.596. The Balaban J connectivity index is 1.61. The molecule has 160 valence electrons. The lowest BCUT2D eigenvalue weighted by molar-refractivity contribution is -0.116. The molecule has 0 saturated carbocycles. The van der Waals surface area contributed by atoms with Crippen molar-refractivity contribution in [3.8, 4) is 5.75 Å². The zero-order valence-electron chi connectivity index (χ0n) is 18.4. The van der Waals surface area contributed by atoms with E-state index in [0.29, 0.717) is 17.9 Å². The highest BCUT2D eigenvalue weighted by atomic mass is 16.5. The molecule has 3 aromatic carbocycles. The fraction of sp³-hybridized carbons (Fsp3) is 0.231. The summed E-state index contributed by atoms with van der Waals surface area (Å²) in [7, 11) is 1.62. The Bertz CT molecular complexity index is 1070. The molecule has 0 atom stereocenters. The van der Waals surface area contributed by atoms with Gasteiger partial charge in [0.25, 0.3) is 5.91 Å². The highest BCUT2D eigenvalue weighted by Gasteiger charge is 2.16.